The molecular formula is C13H14ClNO. The first-order valence-electron chi connectivity index (χ1n) is 4.84. The monoisotopic (exact) mass is 235 g/mol. The van der Waals surface area contributed by atoms with Gasteiger partial charge >= 0.3 is 1.43 Å². The highest BCUT2D eigenvalue weighted by Crippen LogP contribution is 2.22. The van der Waals surface area contributed by atoms with Gasteiger partial charge in [0.05, 0.1) is 0 Å². The maximum absolute atomic E-state index is 5.63. The Morgan fingerprint density at radius 1 is 0.875 bits per heavy atom. The zero-order chi connectivity index (χ0) is 10.7. The zero-order valence-corrected chi connectivity index (χ0v) is 9.74. The van der Waals surface area contributed by atoms with Crippen LogP contribution in [0.15, 0.2) is 48.5 Å². The van der Waals surface area contributed by atoms with Gasteiger partial charge in [-0.25, -0.2) is 0 Å². The van der Waals surface area contributed by atoms with E-state index < -0.39 is 0 Å². The molecule has 3 heteroatoms. The van der Waals surface area contributed by atoms with E-state index >= 15 is 0 Å². The minimum Gasteiger partial charge on any atom is -1.00 e. The summed E-state index contributed by atoms with van der Waals surface area (Å²) in [5.74, 6) is 1.64. The molecule has 2 N–H and O–H groups in total. The molecule has 0 fully saturated rings. The van der Waals surface area contributed by atoms with E-state index in [1.165, 1.54) is 5.56 Å². The van der Waals surface area contributed by atoms with E-state index in [0.29, 0.717) is 0 Å². The van der Waals surface area contributed by atoms with Crippen LogP contribution in [0.3, 0.4) is 0 Å². The summed E-state index contributed by atoms with van der Waals surface area (Å²) >= 11 is 0. The van der Waals surface area contributed by atoms with E-state index in [4.69, 9.17) is 10.5 Å². The molecule has 0 aliphatic rings. The Morgan fingerprint density at radius 2 is 1.31 bits per heavy atom. The third-order valence-corrected chi connectivity index (χ3v) is 2.14. The van der Waals surface area contributed by atoms with Gasteiger partial charge in [0.2, 0.25) is 0 Å². The lowest BCUT2D eigenvalue weighted by atomic mass is 10.2. The molecule has 2 aromatic carbocycles. The van der Waals surface area contributed by atoms with Crippen molar-refractivity contribution < 1.29 is 18.6 Å². The minimum absolute atomic E-state index is 0. The zero-order valence-electron chi connectivity index (χ0n) is 9.98. The summed E-state index contributed by atoms with van der Waals surface area (Å²) < 4.78 is 5.63. The van der Waals surface area contributed by atoms with Gasteiger partial charge in [-0.3, -0.25) is 0 Å². The van der Waals surface area contributed by atoms with Crippen LogP contribution in [0.1, 0.15) is 6.99 Å². The normalized spacial score (nSPS) is 9.31. The van der Waals surface area contributed by atoms with Crippen molar-refractivity contribution in [2.45, 2.75) is 6.92 Å². The van der Waals surface area contributed by atoms with Gasteiger partial charge in [-0.1, -0.05) is 17.7 Å². The lowest BCUT2D eigenvalue weighted by molar-refractivity contribution is -0.00000362. The van der Waals surface area contributed by atoms with E-state index in [2.05, 4.69) is 0 Å². The molecule has 0 aromatic heterocycles. The number of anilines is 1. The number of nitrogens with two attached hydrogens (primary N) is 1. The van der Waals surface area contributed by atoms with Gasteiger partial charge < -0.3 is 22.9 Å². The molecule has 0 amide bonds. The van der Waals surface area contributed by atoms with Crippen molar-refractivity contribution >= 4 is 5.69 Å². The van der Waals surface area contributed by atoms with Crippen LogP contribution in [0.25, 0.3) is 0 Å². The van der Waals surface area contributed by atoms with Crippen LogP contribution in [-0.2, 0) is 0 Å². The molecule has 0 radical (unpaired) electrons. The van der Waals surface area contributed by atoms with Crippen LogP contribution in [0.2, 0.25) is 0 Å². The Hall–Kier alpha value is -1.67. The molecule has 0 atom stereocenters. The lowest BCUT2D eigenvalue weighted by Gasteiger charge is -2.05. The van der Waals surface area contributed by atoms with E-state index in [1.807, 2.05) is 55.5 Å². The fraction of sp³-hybridized carbons (Fsp3) is 0.0769. The number of halogens is 1. The van der Waals surface area contributed by atoms with E-state index in [9.17, 15) is 0 Å². The van der Waals surface area contributed by atoms with Crippen molar-refractivity contribution in [1.29, 1.82) is 0 Å². The molecule has 0 aliphatic heterocycles. The lowest BCUT2D eigenvalue weighted by Crippen LogP contribution is -3.00. The number of ether oxygens (including phenoxy) is 1. The van der Waals surface area contributed by atoms with Crippen molar-refractivity contribution in [3.05, 3.63) is 54.1 Å². The summed E-state index contributed by atoms with van der Waals surface area (Å²) in [6.45, 7) is 2.05. The predicted octanol–water partition coefficient (Wildman–Crippen LogP) is 0.486. The van der Waals surface area contributed by atoms with Gasteiger partial charge in [0.15, 0.2) is 0 Å². The van der Waals surface area contributed by atoms with Gasteiger partial charge in [0.25, 0.3) is 0 Å². The number of hydrogen-bond donors (Lipinski definition) is 1. The topological polar surface area (TPSA) is 35.2 Å². The summed E-state index contributed by atoms with van der Waals surface area (Å²) in [5.41, 5.74) is 7.55. The first kappa shape index (κ1) is 12.4. The van der Waals surface area contributed by atoms with Crippen molar-refractivity contribution in [1.82, 2.24) is 0 Å². The molecule has 2 nitrogen and oxygen atoms in total. The van der Waals surface area contributed by atoms with Crippen molar-refractivity contribution in [2.75, 3.05) is 5.73 Å². The van der Waals surface area contributed by atoms with Gasteiger partial charge in [-0.05, 0) is 43.3 Å². The second-order valence-electron chi connectivity index (χ2n) is 3.48. The van der Waals surface area contributed by atoms with Gasteiger partial charge in [-0.2, -0.15) is 0 Å². The highest BCUT2D eigenvalue weighted by molar-refractivity contribution is 5.43. The molecule has 0 bridgehead atoms. The Bertz CT molecular complexity index is 398. The molecule has 16 heavy (non-hydrogen) atoms. The van der Waals surface area contributed by atoms with Crippen LogP contribution in [0.4, 0.5) is 5.69 Å². The molecule has 0 saturated heterocycles. The molecule has 2 aromatic rings. The van der Waals surface area contributed by atoms with Crippen LogP contribution >= 0.6 is 0 Å². The molecule has 0 spiro atoms. The van der Waals surface area contributed by atoms with Gasteiger partial charge in [-0.15, -0.1) is 0 Å². The maximum atomic E-state index is 5.63. The standard InChI is InChI=1S/C13H13NO.ClH/c1-10-2-6-12(7-3-10)15-13-8-4-11(14)5-9-13;/h2-9H,14H2,1H3;1H. The summed E-state index contributed by atoms with van der Waals surface area (Å²) in [5, 5.41) is 0. The number of aryl methyl sites for hydroxylation is 1. The first-order valence-corrected chi connectivity index (χ1v) is 4.84. The molecular weight excluding hydrogens is 222 g/mol. The molecule has 0 heterocycles. The Morgan fingerprint density at radius 3 is 1.81 bits per heavy atom. The number of hydrogen-bond acceptors (Lipinski definition) is 2. The number of benzene rings is 2. The van der Waals surface area contributed by atoms with Crippen molar-refractivity contribution in [3.63, 3.8) is 0 Å². The second kappa shape index (κ2) is 5.42. The predicted molar refractivity (Wildman–Crippen MR) is 63.2 cm³/mol. The summed E-state index contributed by atoms with van der Waals surface area (Å²) in [6, 6.07) is 15.3. The smallest absolute Gasteiger partial charge is 1.00 e. The van der Waals surface area contributed by atoms with Crippen LogP contribution in [0.5, 0.6) is 11.5 Å². The number of nitrogen functional groups attached to an aromatic ring is 1. The molecule has 0 unspecified atom stereocenters. The van der Waals surface area contributed by atoms with Crippen LogP contribution < -0.4 is 22.9 Å². The van der Waals surface area contributed by atoms with Crippen molar-refractivity contribution in [3.8, 4) is 11.5 Å². The number of rotatable bonds is 2. The van der Waals surface area contributed by atoms with Gasteiger partial charge in [0, 0.05) is 5.69 Å². The molecule has 0 aliphatic carbocycles. The summed E-state index contributed by atoms with van der Waals surface area (Å²) in [6.07, 6.45) is 0. The minimum atomic E-state index is 0. The third kappa shape index (κ3) is 3.17. The van der Waals surface area contributed by atoms with Gasteiger partial charge in [0.1, 0.15) is 11.5 Å². The maximum Gasteiger partial charge on any atom is 1.00 e. The highest BCUT2D eigenvalue weighted by Gasteiger charge is 1.95. The van der Waals surface area contributed by atoms with E-state index in [1.54, 1.807) is 0 Å². The summed E-state index contributed by atoms with van der Waals surface area (Å²) in [4.78, 5) is 0. The fourth-order valence-corrected chi connectivity index (χ4v) is 1.28. The Balaban J connectivity index is 0.00000128. The Labute approximate surface area is 103 Å². The van der Waals surface area contributed by atoms with Crippen molar-refractivity contribution in [2.24, 2.45) is 0 Å². The largest absolute Gasteiger partial charge is 1.00 e. The third-order valence-electron chi connectivity index (χ3n) is 2.14. The fourth-order valence-electron chi connectivity index (χ4n) is 1.28. The molecule has 2 rings (SSSR count). The van der Waals surface area contributed by atoms with Crippen LogP contribution in [0, 0.1) is 6.92 Å². The Kier molecular flexibility index (Phi) is 4.20. The average molecular weight is 236 g/mol. The van der Waals surface area contributed by atoms with E-state index in [0.717, 1.165) is 17.2 Å². The summed E-state index contributed by atoms with van der Waals surface area (Å²) in [7, 11) is 0. The SMILES string of the molecule is Cc1ccc(Oc2ccc(N)cc2)cc1.[Cl-].[H+]. The highest BCUT2D eigenvalue weighted by atomic mass is 35.5. The quantitative estimate of drug-likeness (QED) is 0.769. The van der Waals surface area contributed by atoms with E-state index in [-0.39, 0.29) is 13.8 Å². The average Bonchev–Trinajstić information content (AvgIpc) is 2.25. The first-order chi connectivity index (χ1) is 7.24. The second-order valence-corrected chi connectivity index (χ2v) is 3.48. The molecule has 84 valence electrons. The molecule has 0 saturated carbocycles. The van der Waals surface area contributed by atoms with Crippen LogP contribution in [-0.4, -0.2) is 0 Å².